The third-order valence-corrected chi connectivity index (χ3v) is 4.37. The van der Waals surface area contributed by atoms with Crippen LogP contribution in [-0.2, 0) is 9.53 Å². The Morgan fingerprint density at radius 3 is 2.68 bits per heavy atom. The summed E-state index contributed by atoms with van der Waals surface area (Å²) < 4.78 is 11.2. The van der Waals surface area contributed by atoms with E-state index in [1.807, 2.05) is 0 Å². The smallest absolute Gasteiger partial charge is 0.330 e. The summed E-state index contributed by atoms with van der Waals surface area (Å²) in [6, 6.07) is 10.6. The third kappa shape index (κ3) is 4.61. The molecule has 7 nitrogen and oxygen atoms in total. The summed E-state index contributed by atoms with van der Waals surface area (Å²) >= 11 is 0. The molecule has 144 valence electrons. The van der Waals surface area contributed by atoms with Gasteiger partial charge in [-0.05, 0) is 48.0 Å². The first kappa shape index (κ1) is 19.3. The molecule has 1 fully saturated rings. The number of anilines is 1. The molecule has 2 atom stereocenters. The minimum atomic E-state index is -1.06. The Labute approximate surface area is 163 Å². The van der Waals surface area contributed by atoms with Gasteiger partial charge in [0, 0.05) is 23.2 Å². The SMILES string of the molecule is C#Cc1cc(O[C@@H]2CCOC2)cc(C(Nc2ccc(C(=N)N)cc2)C(=O)O)c1. The molecule has 0 spiro atoms. The molecule has 0 aliphatic carbocycles. The number of carboxylic acids is 1. The molecule has 5 N–H and O–H groups in total. The summed E-state index contributed by atoms with van der Waals surface area (Å²) in [5.41, 5.74) is 7.60. The molecule has 0 saturated carbocycles. The Bertz CT molecular complexity index is 912. The second-order valence-electron chi connectivity index (χ2n) is 6.45. The van der Waals surface area contributed by atoms with Crippen LogP contribution in [0.1, 0.15) is 29.2 Å². The molecule has 2 aromatic rings. The lowest BCUT2D eigenvalue weighted by Crippen LogP contribution is -2.21. The summed E-state index contributed by atoms with van der Waals surface area (Å²) in [6.45, 7) is 1.14. The maximum atomic E-state index is 11.9. The van der Waals surface area contributed by atoms with Crippen molar-refractivity contribution in [3.8, 4) is 18.1 Å². The fourth-order valence-corrected chi connectivity index (χ4v) is 2.94. The van der Waals surface area contributed by atoms with Gasteiger partial charge in [0.05, 0.1) is 13.2 Å². The Morgan fingerprint density at radius 1 is 1.36 bits per heavy atom. The first-order chi connectivity index (χ1) is 13.5. The first-order valence-corrected chi connectivity index (χ1v) is 8.76. The highest BCUT2D eigenvalue weighted by atomic mass is 16.5. The molecule has 0 amide bonds. The van der Waals surface area contributed by atoms with Crippen LogP contribution in [0.2, 0.25) is 0 Å². The summed E-state index contributed by atoms with van der Waals surface area (Å²) in [7, 11) is 0. The number of hydrogen-bond acceptors (Lipinski definition) is 5. The van der Waals surface area contributed by atoms with E-state index in [-0.39, 0.29) is 11.9 Å². The normalized spacial score (nSPS) is 16.8. The van der Waals surface area contributed by atoms with Crippen LogP contribution in [0.25, 0.3) is 0 Å². The molecule has 0 radical (unpaired) electrons. The number of carbonyl (C=O) groups is 1. The van der Waals surface area contributed by atoms with Gasteiger partial charge < -0.3 is 25.6 Å². The Balaban J connectivity index is 1.86. The number of nitrogen functional groups attached to an aromatic ring is 1. The average molecular weight is 379 g/mol. The number of rotatable bonds is 7. The number of nitrogens with two attached hydrogens (primary N) is 1. The Kier molecular flexibility index (Phi) is 5.82. The predicted molar refractivity (Wildman–Crippen MR) is 106 cm³/mol. The standard InChI is InChI=1S/C21H21N3O4/c1-2-13-9-15(11-18(10-13)28-17-7-8-27-12-17)19(21(25)26)24-16-5-3-14(4-6-16)20(22)23/h1,3-6,9-11,17,19,24H,7-8,12H2,(H3,22,23)(H,25,26)/t17-,19?/m1/s1. The number of carboxylic acid groups (broad SMARTS) is 1. The maximum Gasteiger partial charge on any atom is 0.330 e. The largest absolute Gasteiger partial charge is 0.488 e. The number of nitrogens with one attached hydrogen (secondary N) is 2. The van der Waals surface area contributed by atoms with Crippen LogP contribution in [0, 0.1) is 17.8 Å². The molecule has 1 unspecified atom stereocenters. The number of aliphatic carboxylic acids is 1. The number of terminal acetylenes is 1. The van der Waals surface area contributed by atoms with Crippen LogP contribution < -0.4 is 15.8 Å². The topological polar surface area (TPSA) is 118 Å². The van der Waals surface area contributed by atoms with E-state index in [1.54, 1.807) is 42.5 Å². The van der Waals surface area contributed by atoms with E-state index in [0.717, 1.165) is 6.42 Å². The molecule has 1 saturated heterocycles. The van der Waals surface area contributed by atoms with E-state index in [9.17, 15) is 9.90 Å². The molecule has 0 aromatic heterocycles. The van der Waals surface area contributed by atoms with Gasteiger partial charge in [-0.15, -0.1) is 6.42 Å². The summed E-state index contributed by atoms with van der Waals surface area (Å²) in [5.74, 6) is 1.95. The lowest BCUT2D eigenvalue weighted by Gasteiger charge is -2.19. The molecule has 0 bridgehead atoms. The lowest BCUT2D eigenvalue weighted by atomic mass is 10.0. The highest BCUT2D eigenvalue weighted by Gasteiger charge is 2.23. The molecular formula is C21H21N3O4. The predicted octanol–water partition coefficient (Wildman–Crippen LogP) is 2.36. The maximum absolute atomic E-state index is 11.9. The molecular weight excluding hydrogens is 358 g/mol. The lowest BCUT2D eigenvalue weighted by molar-refractivity contribution is -0.138. The van der Waals surface area contributed by atoms with E-state index in [4.69, 9.17) is 27.0 Å². The van der Waals surface area contributed by atoms with Gasteiger partial charge >= 0.3 is 5.97 Å². The number of amidine groups is 1. The molecule has 7 heteroatoms. The van der Waals surface area contributed by atoms with Gasteiger partial charge in [-0.1, -0.05) is 5.92 Å². The Hall–Kier alpha value is -3.50. The number of benzene rings is 2. The van der Waals surface area contributed by atoms with Gasteiger partial charge in [-0.3, -0.25) is 5.41 Å². The highest BCUT2D eigenvalue weighted by Crippen LogP contribution is 2.27. The van der Waals surface area contributed by atoms with Crippen molar-refractivity contribution in [2.45, 2.75) is 18.6 Å². The van der Waals surface area contributed by atoms with Gasteiger partial charge in [0.2, 0.25) is 0 Å². The van der Waals surface area contributed by atoms with Crippen molar-refractivity contribution in [3.05, 3.63) is 59.2 Å². The summed E-state index contributed by atoms with van der Waals surface area (Å²) in [4.78, 5) is 11.9. The number of ether oxygens (including phenoxy) is 2. The van der Waals surface area contributed by atoms with Crippen LogP contribution in [0.5, 0.6) is 5.75 Å². The van der Waals surface area contributed by atoms with Crippen LogP contribution in [0.15, 0.2) is 42.5 Å². The van der Waals surface area contributed by atoms with Crippen molar-refractivity contribution in [2.24, 2.45) is 5.73 Å². The zero-order valence-electron chi connectivity index (χ0n) is 15.1. The zero-order valence-corrected chi connectivity index (χ0v) is 15.1. The fourth-order valence-electron chi connectivity index (χ4n) is 2.94. The molecule has 3 rings (SSSR count). The third-order valence-electron chi connectivity index (χ3n) is 4.37. The fraction of sp³-hybridized carbons (Fsp3) is 0.238. The quantitative estimate of drug-likeness (QED) is 0.333. The van der Waals surface area contributed by atoms with Crippen molar-refractivity contribution in [1.82, 2.24) is 0 Å². The van der Waals surface area contributed by atoms with Gasteiger partial charge in [-0.2, -0.15) is 0 Å². The molecule has 1 heterocycles. The molecule has 1 aliphatic heterocycles. The molecule has 28 heavy (non-hydrogen) atoms. The second kappa shape index (κ2) is 8.46. The van der Waals surface area contributed by atoms with Crippen molar-refractivity contribution >= 4 is 17.5 Å². The van der Waals surface area contributed by atoms with E-state index in [1.165, 1.54) is 0 Å². The van der Waals surface area contributed by atoms with Gasteiger partial charge in [0.15, 0.2) is 6.04 Å². The summed E-state index contributed by atoms with van der Waals surface area (Å²) in [6.07, 6.45) is 6.24. The van der Waals surface area contributed by atoms with Crippen LogP contribution in [-0.4, -0.2) is 36.2 Å². The van der Waals surface area contributed by atoms with Crippen LogP contribution >= 0.6 is 0 Å². The molecule has 2 aromatic carbocycles. The van der Waals surface area contributed by atoms with E-state index < -0.39 is 12.0 Å². The summed E-state index contributed by atoms with van der Waals surface area (Å²) in [5, 5.41) is 20.1. The van der Waals surface area contributed by atoms with E-state index in [0.29, 0.717) is 41.3 Å². The minimum Gasteiger partial charge on any atom is -0.488 e. The highest BCUT2D eigenvalue weighted by molar-refractivity contribution is 5.95. The van der Waals surface area contributed by atoms with Crippen LogP contribution in [0.4, 0.5) is 5.69 Å². The van der Waals surface area contributed by atoms with E-state index >= 15 is 0 Å². The molecule has 1 aliphatic rings. The van der Waals surface area contributed by atoms with Crippen molar-refractivity contribution in [1.29, 1.82) is 5.41 Å². The van der Waals surface area contributed by atoms with Gasteiger partial charge in [-0.25, -0.2) is 4.79 Å². The second-order valence-corrected chi connectivity index (χ2v) is 6.45. The van der Waals surface area contributed by atoms with Crippen molar-refractivity contribution in [2.75, 3.05) is 18.5 Å². The van der Waals surface area contributed by atoms with Gasteiger partial charge in [0.1, 0.15) is 17.7 Å². The Morgan fingerprint density at radius 2 is 2.11 bits per heavy atom. The van der Waals surface area contributed by atoms with Crippen LogP contribution in [0.3, 0.4) is 0 Å². The monoisotopic (exact) mass is 379 g/mol. The minimum absolute atomic E-state index is 0.0549. The average Bonchev–Trinajstić information content (AvgIpc) is 3.18. The first-order valence-electron chi connectivity index (χ1n) is 8.76. The van der Waals surface area contributed by atoms with Gasteiger partial charge in [0.25, 0.3) is 0 Å². The van der Waals surface area contributed by atoms with Crippen molar-refractivity contribution in [3.63, 3.8) is 0 Å². The van der Waals surface area contributed by atoms with Crippen molar-refractivity contribution < 1.29 is 19.4 Å². The number of hydrogen-bond donors (Lipinski definition) is 4. The van der Waals surface area contributed by atoms with E-state index in [2.05, 4.69) is 11.2 Å². The zero-order chi connectivity index (χ0) is 20.1.